The number of aryl methyl sites for hydroxylation is 1. The maximum absolute atomic E-state index is 12.4. The zero-order valence-corrected chi connectivity index (χ0v) is 14.8. The molecule has 1 saturated heterocycles. The normalized spacial score (nSPS) is 16.4. The molecule has 3 rings (SSSR count). The molecule has 132 valence electrons. The van der Waals surface area contributed by atoms with E-state index in [4.69, 9.17) is 4.74 Å². The van der Waals surface area contributed by atoms with E-state index in [9.17, 15) is 4.79 Å². The molecule has 0 unspecified atom stereocenters. The first-order valence-electron chi connectivity index (χ1n) is 9.02. The van der Waals surface area contributed by atoms with Crippen molar-refractivity contribution in [3.05, 3.63) is 71.3 Å². The number of nitrogens with one attached hydrogen (secondary N) is 1. The molecule has 2 aromatic carbocycles. The zero-order valence-electron chi connectivity index (χ0n) is 14.8. The van der Waals surface area contributed by atoms with E-state index >= 15 is 0 Å². The molecule has 0 saturated carbocycles. The summed E-state index contributed by atoms with van der Waals surface area (Å²) in [5.74, 6) is -0.0240. The van der Waals surface area contributed by atoms with Crippen molar-refractivity contribution in [2.75, 3.05) is 32.8 Å². The molecule has 1 fully saturated rings. The van der Waals surface area contributed by atoms with Gasteiger partial charge in [0.15, 0.2) is 0 Å². The van der Waals surface area contributed by atoms with E-state index < -0.39 is 0 Å². The van der Waals surface area contributed by atoms with Gasteiger partial charge in [0.2, 0.25) is 0 Å². The fourth-order valence-corrected chi connectivity index (χ4v) is 3.20. The van der Waals surface area contributed by atoms with Crippen LogP contribution >= 0.6 is 0 Å². The lowest BCUT2D eigenvalue weighted by atomic mass is 10.0. The second kappa shape index (κ2) is 8.79. The quantitative estimate of drug-likeness (QED) is 0.880. The summed E-state index contributed by atoms with van der Waals surface area (Å²) in [6.45, 7) is 6.03. The van der Waals surface area contributed by atoms with Crippen LogP contribution in [-0.4, -0.2) is 43.7 Å². The van der Waals surface area contributed by atoms with Gasteiger partial charge in [0.05, 0.1) is 19.3 Å². The third-order valence-corrected chi connectivity index (χ3v) is 4.75. The van der Waals surface area contributed by atoms with Crippen LogP contribution in [0.5, 0.6) is 0 Å². The molecule has 4 heteroatoms. The maximum Gasteiger partial charge on any atom is 0.251 e. The standard InChI is InChI=1S/C21H26N2O2/c1-2-17-8-10-18(11-9-17)20(23-12-14-25-15-13-23)16-22-21(24)19-6-4-3-5-7-19/h3-11,20H,2,12-16H2,1H3,(H,22,24)/t20-/m1/s1. The van der Waals surface area contributed by atoms with Crippen molar-refractivity contribution in [3.8, 4) is 0 Å². The molecule has 2 aromatic rings. The topological polar surface area (TPSA) is 41.6 Å². The zero-order chi connectivity index (χ0) is 17.5. The van der Waals surface area contributed by atoms with Crippen LogP contribution in [-0.2, 0) is 11.2 Å². The van der Waals surface area contributed by atoms with Crippen LogP contribution in [0.15, 0.2) is 54.6 Å². The SMILES string of the molecule is CCc1ccc([C@@H](CNC(=O)c2ccccc2)N2CCOCC2)cc1. The van der Waals surface area contributed by atoms with Gasteiger partial charge < -0.3 is 10.1 Å². The molecular formula is C21H26N2O2. The highest BCUT2D eigenvalue weighted by Gasteiger charge is 2.23. The molecule has 1 atom stereocenters. The molecule has 25 heavy (non-hydrogen) atoms. The highest BCUT2D eigenvalue weighted by molar-refractivity contribution is 5.94. The average molecular weight is 338 g/mol. The molecule has 4 nitrogen and oxygen atoms in total. The van der Waals surface area contributed by atoms with Crippen LogP contribution in [0.1, 0.15) is 34.5 Å². The second-order valence-electron chi connectivity index (χ2n) is 6.34. The minimum atomic E-state index is -0.0240. The Morgan fingerprint density at radius 1 is 1.08 bits per heavy atom. The summed E-state index contributed by atoms with van der Waals surface area (Å²) in [5.41, 5.74) is 3.27. The third kappa shape index (κ3) is 4.68. The molecule has 0 aliphatic carbocycles. The number of hydrogen-bond acceptors (Lipinski definition) is 3. The molecule has 1 N–H and O–H groups in total. The number of carbonyl (C=O) groups excluding carboxylic acids is 1. The largest absolute Gasteiger partial charge is 0.379 e. The predicted octanol–water partition coefficient (Wildman–Crippen LogP) is 3.05. The van der Waals surface area contributed by atoms with Crippen molar-refractivity contribution < 1.29 is 9.53 Å². The Kier molecular flexibility index (Phi) is 6.20. The Hall–Kier alpha value is -2.17. The van der Waals surface area contributed by atoms with Gasteiger partial charge in [-0.1, -0.05) is 49.4 Å². The van der Waals surface area contributed by atoms with Gasteiger partial charge in [-0.2, -0.15) is 0 Å². The number of hydrogen-bond donors (Lipinski definition) is 1. The van der Waals surface area contributed by atoms with Crippen LogP contribution in [0.4, 0.5) is 0 Å². The summed E-state index contributed by atoms with van der Waals surface area (Å²) in [6, 6.07) is 18.3. The van der Waals surface area contributed by atoms with Gasteiger partial charge >= 0.3 is 0 Å². The maximum atomic E-state index is 12.4. The minimum Gasteiger partial charge on any atom is -0.379 e. The molecule has 0 aromatic heterocycles. The number of benzene rings is 2. The van der Waals surface area contributed by atoms with Gasteiger partial charge in [-0.25, -0.2) is 0 Å². The lowest BCUT2D eigenvalue weighted by Crippen LogP contribution is -2.43. The van der Waals surface area contributed by atoms with Gasteiger partial charge in [0.1, 0.15) is 0 Å². The van der Waals surface area contributed by atoms with E-state index in [2.05, 4.69) is 41.4 Å². The fourth-order valence-electron chi connectivity index (χ4n) is 3.20. The Morgan fingerprint density at radius 2 is 1.76 bits per heavy atom. The Balaban J connectivity index is 1.72. The van der Waals surface area contributed by atoms with E-state index in [0.717, 1.165) is 32.7 Å². The van der Waals surface area contributed by atoms with Gasteiger partial charge in [0, 0.05) is 25.2 Å². The van der Waals surface area contributed by atoms with Crippen molar-refractivity contribution in [1.29, 1.82) is 0 Å². The lowest BCUT2D eigenvalue weighted by Gasteiger charge is -2.35. The van der Waals surface area contributed by atoms with Crippen molar-refractivity contribution in [1.82, 2.24) is 10.2 Å². The smallest absolute Gasteiger partial charge is 0.251 e. The molecule has 0 radical (unpaired) electrons. The summed E-state index contributed by atoms with van der Waals surface area (Å²) in [4.78, 5) is 14.8. The highest BCUT2D eigenvalue weighted by Crippen LogP contribution is 2.22. The van der Waals surface area contributed by atoms with Gasteiger partial charge in [-0.05, 0) is 29.7 Å². The lowest BCUT2D eigenvalue weighted by molar-refractivity contribution is 0.0162. The van der Waals surface area contributed by atoms with Crippen LogP contribution in [0.3, 0.4) is 0 Å². The molecule has 1 amide bonds. The number of carbonyl (C=O) groups is 1. The number of amides is 1. The second-order valence-corrected chi connectivity index (χ2v) is 6.34. The van der Waals surface area contributed by atoms with Gasteiger partial charge in [-0.15, -0.1) is 0 Å². The minimum absolute atomic E-state index is 0.0240. The highest BCUT2D eigenvalue weighted by atomic mass is 16.5. The predicted molar refractivity (Wildman–Crippen MR) is 99.7 cm³/mol. The molecule has 1 heterocycles. The van der Waals surface area contributed by atoms with Gasteiger partial charge in [-0.3, -0.25) is 9.69 Å². The average Bonchev–Trinajstić information content (AvgIpc) is 2.70. The van der Waals surface area contributed by atoms with Crippen molar-refractivity contribution in [2.45, 2.75) is 19.4 Å². The Labute approximate surface area is 149 Å². The number of rotatable bonds is 6. The molecule has 1 aliphatic heterocycles. The van der Waals surface area contributed by atoms with Crippen LogP contribution < -0.4 is 5.32 Å². The number of morpholine rings is 1. The van der Waals surface area contributed by atoms with E-state index in [1.54, 1.807) is 0 Å². The Bertz CT molecular complexity index is 664. The first-order valence-corrected chi connectivity index (χ1v) is 9.02. The van der Waals surface area contributed by atoms with E-state index in [0.29, 0.717) is 12.1 Å². The number of nitrogens with zero attached hydrogens (tertiary/aromatic N) is 1. The monoisotopic (exact) mass is 338 g/mol. The van der Waals surface area contributed by atoms with Crippen LogP contribution in [0.25, 0.3) is 0 Å². The third-order valence-electron chi connectivity index (χ3n) is 4.75. The first-order chi connectivity index (χ1) is 12.3. The van der Waals surface area contributed by atoms with Gasteiger partial charge in [0.25, 0.3) is 5.91 Å². The molecule has 1 aliphatic rings. The van der Waals surface area contributed by atoms with E-state index in [-0.39, 0.29) is 11.9 Å². The summed E-state index contributed by atoms with van der Waals surface area (Å²) >= 11 is 0. The van der Waals surface area contributed by atoms with E-state index in [1.807, 2.05) is 30.3 Å². The molecule has 0 spiro atoms. The first kappa shape index (κ1) is 17.6. The summed E-state index contributed by atoms with van der Waals surface area (Å²) in [7, 11) is 0. The molecular weight excluding hydrogens is 312 g/mol. The van der Waals surface area contributed by atoms with Crippen molar-refractivity contribution >= 4 is 5.91 Å². The Morgan fingerprint density at radius 3 is 2.40 bits per heavy atom. The van der Waals surface area contributed by atoms with Crippen LogP contribution in [0.2, 0.25) is 0 Å². The van der Waals surface area contributed by atoms with Crippen molar-refractivity contribution in [2.24, 2.45) is 0 Å². The summed E-state index contributed by atoms with van der Waals surface area (Å²) < 4.78 is 5.49. The van der Waals surface area contributed by atoms with E-state index in [1.165, 1.54) is 11.1 Å². The molecule has 0 bridgehead atoms. The fraction of sp³-hybridized carbons (Fsp3) is 0.381. The van der Waals surface area contributed by atoms with Crippen molar-refractivity contribution in [3.63, 3.8) is 0 Å². The number of ether oxygens (including phenoxy) is 1. The summed E-state index contributed by atoms with van der Waals surface area (Å²) in [6.07, 6.45) is 1.03. The summed E-state index contributed by atoms with van der Waals surface area (Å²) in [5, 5.41) is 3.10. The van der Waals surface area contributed by atoms with Crippen LogP contribution in [0, 0.1) is 0 Å².